The maximum absolute atomic E-state index is 10.7. The van der Waals surface area contributed by atoms with Crippen LogP contribution in [0.3, 0.4) is 0 Å². The molecule has 1 atom stereocenters. The Labute approximate surface area is 101 Å². The number of nitrogens with zero attached hydrogens (tertiary/aromatic N) is 2. The van der Waals surface area contributed by atoms with Gasteiger partial charge in [-0.15, -0.1) is 0 Å². The average molecular weight is 261 g/mol. The lowest BCUT2D eigenvalue weighted by molar-refractivity contribution is -0.384. The number of aliphatic hydroxyl groups is 1. The number of amides is 1. The van der Waals surface area contributed by atoms with E-state index < -0.39 is 16.9 Å². The monoisotopic (exact) mass is 260 g/mol. The molecule has 1 rings (SSSR count). The summed E-state index contributed by atoms with van der Waals surface area (Å²) in [6, 6.07) is 1.10. The molecule has 1 amide bonds. The Balaban J connectivity index is 2.84. The highest BCUT2D eigenvalue weighted by atomic mass is 35.5. The molecule has 0 aromatic carbocycles. The predicted molar refractivity (Wildman–Crippen MR) is 59.6 cm³/mol. The van der Waals surface area contributed by atoms with Gasteiger partial charge in [-0.05, 0) is 0 Å². The fourth-order valence-electron chi connectivity index (χ4n) is 0.998. The van der Waals surface area contributed by atoms with Crippen LogP contribution in [0.1, 0.15) is 0 Å². The molecule has 17 heavy (non-hydrogen) atoms. The first-order valence-electron chi connectivity index (χ1n) is 4.43. The van der Waals surface area contributed by atoms with Gasteiger partial charge in [-0.3, -0.25) is 14.9 Å². The van der Waals surface area contributed by atoms with Crippen molar-refractivity contribution in [1.29, 1.82) is 0 Å². The number of hydrogen-bond acceptors (Lipinski definition) is 6. The molecular formula is C8H9ClN4O4. The van der Waals surface area contributed by atoms with E-state index in [1.807, 2.05) is 0 Å². The lowest BCUT2D eigenvalue weighted by atomic mass is 10.3. The lowest BCUT2D eigenvalue weighted by Gasteiger charge is -2.08. The molecule has 1 unspecified atom stereocenters. The van der Waals surface area contributed by atoms with Gasteiger partial charge in [-0.1, -0.05) is 11.6 Å². The minimum atomic E-state index is -1.45. The van der Waals surface area contributed by atoms with Crippen molar-refractivity contribution in [2.75, 3.05) is 11.9 Å². The Morgan fingerprint density at radius 2 is 2.41 bits per heavy atom. The number of primary amides is 1. The minimum Gasteiger partial charge on any atom is -0.381 e. The van der Waals surface area contributed by atoms with Gasteiger partial charge in [0.05, 0.1) is 16.5 Å². The molecule has 0 bridgehead atoms. The summed E-state index contributed by atoms with van der Waals surface area (Å²) in [5, 5.41) is 22.3. The highest BCUT2D eigenvalue weighted by Crippen LogP contribution is 2.24. The van der Waals surface area contributed by atoms with E-state index in [0.29, 0.717) is 0 Å². The van der Waals surface area contributed by atoms with E-state index in [-0.39, 0.29) is 23.1 Å². The van der Waals surface area contributed by atoms with E-state index in [9.17, 15) is 14.9 Å². The maximum atomic E-state index is 10.7. The molecule has 0 fully saturated rings. The van der Waals surface area contributed by atoms with E-state index >= 15 is 0 Å². The van der Waals surface area contributed by atoms with Gasteiger partial charge in [0.15, 0.2) is 0 Å². The predicted octanol–water partition coefficient (Wildman–Crippen LogP) is -0.0987. The van der Waals surface area contributed by atoms with Crippen molar-refractivity contribution in [3.8, 4) is 0 Å². The summed E-state index contributed by atoms with van der Waals surface area (Å²) in [6.07, 6.45) is -0.250. The van der Waals surface area contributed by atoms with Crippen molar-refractivity contribution in [3.05, 3.63) is 27.4 Å². The fraction of sp³-hybridized carbons (Fsp3) is 0.250. The van der Waals surface area contributed by atoms with Gasteiger partial charge < -0.3 is 16.2 Å². The molecule has 0 aliphatic rings. The number of carbonyl (C=O) groups excluding carboxylic acids is 1. The third kappa shape index (κ3) is 3.54. The number of hydrogen-bond donors (Lipinski definition) is 3. The molecule has 1 aromatic heterocycles. The molecule has 0 aliphatic heterocycles. The third-order valence-electron chi connectivity index (χ3n) is 1.82. The van der Waals surface area contributed by atoms with Crippen molar-refractivity contribution in [1.82, 2.24) is 4.98 Å². The zero-order valence-corrected chi connectivity index (χ0v) is 9.22. The number of rotatable bonds is 5. The van der Waals surface area contributed by atoms with Gasteiger partial charge in [0.1, 0.15) is 6.10 Å². The summed E-state index contributed by atoms with van der Waals surface area (Å²) < 4.78 is 0. The van der Waals surface area contributed by atoms with Gasteiger partial charge in [-0.25, -0.2) is 4.98 Å². The number of nitrogens with one attached hydrogen (secondary N) is 1. The number of nitrogens with two attached hydrogens (primary N) is 1. The van der Waals surface area contributed by atoms with Crippen molar-refractivity contribution in [2.24, 2.45) is 5.73 Å². The molecule has 8 nitrogen and oxygen atoms in total. The Bertz CT molecular complexity index is 453. The second-order valence-corrected chi connectivity index (χ2v) is 3.51. The third-order valence-corrected chi connectivity index (χ3v) is 2.03. The van der Waals surface area contributed by atoms with Crippen LogP contribution in [-0.2, 0) is 4.79 Å². The number of pyridine rings is 1. The quantitative estimate of drug-likeness (QED) is 0.500. The molecule has 0 saturated heterocycles. The van der Waals surface area contributed by atoms with E-state index in [2.05, 4.69) is 10.3 Å². The Hall–Kier alpha value is -1.93. The topological polar surface area (TPSA) is 131 Å². The van der Waals surface area contributed by atoms with Crippen LogP contribution < -0.4 is 11.1 Å². The molecule has 0 saturated carbocycles. The summed E-state index contributed by atoms with van der Waals surface area (Å²) >= 11 is 5.56. The standard InChI is InChI=1S/C8H9ClN4O4/c9-4-1-5(13(16)17)8(11-2-4)12-3-6(14)7(10)15/h1-2,6,14H,3H2,(H2,10,15)(H,11,12). The first kappa shape index (κ1) is 13.1. The molecule has 0 radical (unpaired) electrons. The smallest absolute Gasteiger partial charge is 0.312 e. The van der Waals surface area contributed by atoms with Crippen LogP contribution in [0, 0.1) is 10.1 Å². The molecule has 9 heteroatoms. The Kier molecular flexibility index (Phi) is 4.18. The van der Waals surface area contributed by atoms with E-state index in [1.165, 1.54) is 6.20 Å². The second-order valence-electron chi connectivity index (χ2n) is 3.08. The van der Waals surface area contributed by atoms with Crippen molar-refractivity contribution in [3.63, 3.8) is 0 Å². The maximum Gasteiger partial charge on any atom is 0.312 e. The number of aliphatic hydroxyl groups excluding tert-OH is 1. The first-order valence-corrected chi connectivity index (χ1v) is 4.81. The van der Waals surface area contributed by atoms with Crippen LogP contribution >= 0.6 is 11.6 Å². The summed E-state index contributed by atoms with van der Waals surface area (Å²) in [5.74, 6) is -1.03. The number of carbonyl (C=O) groups is 1. The normalized spacial score (nSPS) is 11.9. The van der Waals surface area contributed by atoms with Crippen LogP contribution in [0.4, 0.5) is 11.5 Å². The van der Waals surface area contributed by atoms with Crippen molar-refractivity contribution >= 4 is 29.0 Å². The summed E-state index contributed by atoms with van der Waals surface area (Å²) in [6.45, 7) is -0.273. The lowest BCUT2D eigenvalue weighted by Crippen LogP contribution is -2.34. The SMILES string of the molecule is NC(=O)C(O)CNc1ncc(Cl)cc1[N+](=O)[O-]. The van der Waals surface area contributed by atoms with Crippen molar-refractivity contribution < 1.29 is 14.8 Å². The average Bonchev–Trinajstić information content (AvgIpc) is 2.26. The molecule has 4 N–H and O–H groups in total. The number of halogens is 1. The molecule has 0 aliphatic carbocycles. The van der Waals surface area contributed by atoms with Crippen LogP contribution in [0.15, 0.2) is 12.3 Å². The highest BCUT2D eigenvalue weighted by Gasteiger charge is 2.18. The summed E-state index contributed by atoms with van der Waals surface area (Å²) in [4.78, 5) is 24.2. The summed E-state index contributed by atoms with van der Waals surface area (Å²) in [5.41, 5.74) is 4.47. The Morgan fingerprint density at radius 3 is 2.94 bits per heavy atom. The second kappa shape index (κ2) is 5.41. The van der Waals surface area contributed by atoms with E-state index in [0.717, 1.165) is 6.07 Å². The van der Waals surface area contributed by atoms with Gasteiger partial charge in [-0.2, -0.15) is 0 Å². The van der Waals surface area contributed by atoms with E-state index in [4.69, 9.17) is 22.4 Å². The summed E-state index contributed by atoms with van der Waals surface area (Å²) in [7, 11) is 0. The van der Waals surface area contributed by atoms with Crippen molar-refractivity contribution in [2.45, 2.75) is 6.10 Å². The Morgan fingerprint density at radius 1 is 1.76 bits per heavy atom. The van der Waals surface area contributed by atoms with Crippen LogP contribution in [0.25, 0.3) is 0 Å². The van der Waals surface area contributed by atoms with Gasteiger partial charge in [0, 0.05) is 12.3 Å². The zero-order chi connectivity index (χ0) is 13.0. The minimum absolute atomic E-state index is 0.0975. The molecule has 1 aromatic rings. The van der Waals surface area contributed by atoms with Crippen LogP contribution in [-0.4, -0.2) is 33.6 Å². The largest absolute Gasteiger partial charge is 0.381 e. The zero-order valence-electron chi connectivity index (χ0n) is 8.46. The first-order chi connectivity index (χ1) is 7.91. The van der Waals surface area contributed by atoms with Crippen LogP contribution in [0.5, 0.6) is 0 Å². The molecule has 92 valence electrons. The van der Waals surface area contributed by atoms with Crippen LogP contribution in [0.2, 0.25) is 5.02 Å². The highest BCUT2D eigenvalue weighted by molar-refractivity contribution is 6.30. The van der Waals surface area contributed by atoms with Gasteiger partial charge >= 0.3 is 5.69 Å². The molecule has 1 heterocycles. The fourth-order valence-corrected chi connectivity index (χ4v) is 1.15. The molecule has 0 spiro atoms. The van der Waals surface area contributed by atoms with E-state index in [1.54, 1.807) is 0 Å². The van der Waals surface area contributed by atoms with Gasteiger partial charge in [0.2, 0.25) is 11.7 Å². The molecular weight excluding hydrogens is 252 g/mol. The number of anilines is 1. The number of nitro groups is 1. The number of aromatic nitrogens is 1. The van der Waals surface area contributed by atoms with Gasteiger partial charge in [0.25, 0.3) is 0 Å².